The van der Waals surface area contributed by atoms with Crippen LogP contribution in [0.1, 0.15) is 6.92 Å². The Bertz CT molecular complexity index is 535. The summed E-state index contributed by atoms with van der Waals surface area (Å²) in [7, 11) is 0. The second-order valence-corrected chi connectivity index (χ2v) is 3.74. The Kier molecular flexibility index (Phi) is 3.81. The SMILES string of the molecule is CC#CC1(F)C(F)(OC(=O)C(=O)[O-])C=CC(F)C1(F)F. The summed E-state index contributed by atoms with van der Waals surface area (Å²) in [4.78, 5) is 20.8. The summed E-state index contributed by atoms with van der Waals surface area (Å²) in [6.07, 6.45) is -3.50. The molecule has 0 aromatic rings. The molecule has 110 valence electrons. The van der Waals surface area contributed by atoms with E-state index in [1.165, 1.54) is 0 Å². The maximum atomic E-state index is 14.2. The lowest BCUT2D eigenvalue weighted by molar-refractivity contribution is -0.311. The molecule has 0 amide bonds. The summed E-state index contributed by atoms with van der Waals surface area (Å²) in [5, 5.41) is 10.1. The van der Waals surface area contributed by atoms with Crippen molar-refractivity contribution in [2.45, 2.75) is 30.5 Å². The molecule has 3 atom stereocenters. The fourth-order valence-electron chi connectivity index (χ4n) is 1.48. The van der Waals surface area contributed by atoms with Gasteiger partial charge in [0.15, 0.2) is 12.1 Å². The summed E-state index contributed by atoms with van der Waals surface area (Å²) in [6, 6.07) is 0. The van der Waals surface area contributed by atoms with Gasteiger partial charge in [-0.1, -0.05) is 0 Å². The first-order chi connectivity index (χ1) is 9.02. The molecule has 0 fully saturated rings. The lowest BCUT2D eigenvalue weighted by Crippen LogP contribution is -2.65. The number of rotatable bonds is 1. The van der Waals surface area contributed by atoms with Crippen molar-refractivity contribution in [1.82, 2.24) is 0 Å². The van der Waals surface area contributed by atoms with Crippen LogP contribution in [0.5, 0.6) is 0 Å². The Morgan fingerprint density at radius 1 is 1.30 bits per heavy atom. The molecule has 0 aliphatic heterocycles. The summed E-state index contributed by atoms with van der Waals surface area (Å²) >= 11 is 0. The molecule has 0 bridgehead atoms. The zero-order chi connectivity index (χ0) is 15.8. The first-order valence-corrected chi connectivity index (χ1v) is 4.99. The molecule has 0 saturated heterocycles. The number of aliphatic carboxylic acids is 1. The molecule has 9 heteroatoms. The van der Waals surface area contributed by atoms with Gasteiger partial charge in [-0.25, -0.2) is 13.6 Å². The van der Waals surface area contributed by atoms with Crippen molar-refractivity contribution in [3.63, 3.8) is 0 Å². The molecule has 1 aliphatic rings. The van der Waals surface area contributed by atoms with Crippen LogP contribution in [0.3, 0.4) is 0 Å². The minimum atomic E-state index is -5.01. The smallest absolute Gasteiger partial charge is 0.357 e. The highest BCUT2D eigenvalue weighted by Crippen LogP contribution is 2.50. The molecule has 0 heterocycles. The van der Waals surface area contributed by atoms with Crippen LogP contribution in [-0.2, 0) is 14.3 Å². The fourth-order valence-corrected chi connectivity index (χ4v) is 1.48. The number of carbonyl (C=O) groups is 2. The van der Waals surface area contributed by atoms with Crippen molar-refractivity contribution >= 4 is 11.9 Å². The number of hydrogen-bond acceptors (Lipinski definition) is 4. The highest BCUT2D eigenvalue weighted by Gasteiger charge is 2.74. The Morgan fingerprint density at radius 2 is 1.85 bits per heavy atom. The quantitative estimate of drug-likeness (QED) is 0.228. The molecule has 0 radical (unpaired) electrons. The second-order valence-electron chi connectivity index (χ2n) is 3.74. The first-order valence-electron chi connectivity index (χ1n) is 4.99. The van der Waals surface area contributed by atoms with E-state index < -0.39 is 35.6 Å². The molecular formula is C11H6F5O4-. The second kappa shape index (κ2) is 4.77. The van der Waals surface area contributed by atoms with Gasteiger partial charge in [0, 0.05) is 0 Å². The standard InChI is InChI=1S/C11H7F5O4/c1-2-4-9(13)10(14,20-8(19)7(17)18)5-3-6(12)11(9,15)16/h3,5-6H,1H3,(H,17,18)/p-1. The van der Waals surface area contributed by atoms with Crippen LogP contribution in [0.2, 0.25) is 0 Å². The predicted molar refractivity (Wildman–Crippen MR) is 51.2 cm³/mol. The van der Waals surface area contributed by atoms with Gasteiger partial charge in [-0.05, 0) is 25.0 Å². The Morgan fingerprint density at radius 3 is 2.30 bits per heavy atom. The van der Waals surface area contributed by atoms with E-state index in [1.807, 2.05) is 0 Å². The van der Waals surface area contributed by atoms with Crippen LogP contribution >= 0.6 is 0 Å². The molecular weight excluding hydrogens is 291 g/mol. The summed E-state index contributed by atoms with van der Waals surface area (Å²) in [5.41, 5.74) is -4.59. The molecule has 1 rings (SSSR count). The van der Waals surface area contributed by atoms with E-state index >= 15 is 0 Å². The van der Waals surface area contributed by atoms with Crippen LogP contribution in [0.25, 0.3) is 0 Å². The highest BCUT2D eigenvalue weighted by molar-refractivity contribution is 6.27. The van der Waals surface area contributed by atoms with Gasteiger partial charge in [0.2, 0.25) is 0 Å². The largest absolute Gasteiger partial charge is 0.539 e. The van der Waals surface area contributed by atoms with Gasteiger partial charge in [-0.2, -0.15) is 13.2 Å². The zero-order valence-corrected chi connectivity index (χ0v) is 9.75. The third-order valence-electron chi connectivity index (χ3n) is 2.46. The monoisotopic (exact) mass is 297 g/mol. The molecule has 0 saturated carbocycles. The van der Waals surface area contributed by atoms with Gasteiger partial charge >= 0.3 is 23.4 Å². The number of halogens is 5. The maximum Gasteiger partial charge on any atom is 0.357 e. The number of carboxylic acids is 1. The summed E-state index contributed by atoms with van der Waals surface area (Å²) < 4.78 is 71.9. The van der Waals surface area contributed by atoms with Crippen LogP contribution in [0.4, 0.5) is 22.0 Å². The van der Waals surface area contributed by atoms with Gasteiger partial charge in [0.05, 0.1) is 0 Å². The topological polar surface area (TPSA) is 66.4 Å². The minimum Gasteiger partial charge on any atom is -0.539 e. The molecule has 0 aromatic carbocycles. The van der Waals surface area contributed by atoms with Gasteiger partial charge in [0.25, 0.3) is 0 Å². The number of alkyl halides is 5. The van der Waals surface area contributed by atoms with Crippen LogP contribution in [-0.4, -0.2) is 35.6 Å². The van der Waals surface area contributed by atoms with Crippen LogP contribution < -0.4 is 5.11 Å². The van der Waals surface area contributed by atoms with Crippen molar-refractivity contribution in [2.75, 3.05) is 0 Å². The molecule has 4 nitrogen and oxygen atoms in total. The van der Waals surface area contributed by atoms with Crippen molar-refractivity contribution in [3.8, 4) is 11.8 Å². The third-order valence-corrected chi connectivity index (χ3v) is 2.46. The summed E-state index contributed by atoms with van der Waals surface area (Å²) in [6.45, 7) is 0.851. The van der Waals surface area contributed by atoms with Gasteiger partial charge in [0.1, 0.15) is 0 Å². The number of carbonyl (C=O) groups excluding carboxylic acids is 2. The number of ether oxygens (including phenoxy) is 1. The van der Waals surface area contributed by atoms with Crippen LogP contribution in [0.15, 0.2) is 12.2 Å². The first kappa shape index (κ1) is 15.9. The third kappa shape index (κ3) is 2.11. The molecule has 1 aliphatic carbocycles. The lowest BCUT2D eigenvalue weighted by Gasteiger charge is -2.41. The fraction of sp³-hybridized carbons (Fsp3) is 0.455. The average molecular weight is 297 g/mol. The molecule has 0 N–H and O–H groups in total. The van der Waals surface area contributed by atoms with E-state index in [-0.39, 0.29) is 12.2 Å². The van der Waals surface area contributed by atoms with Gasteiger partial charge < -0.3 is 14.6 Å². The maximum absolute atomic E-state index is 14.2. The van der Waals surface area contributed by atoms with Crippen molar-refractivity contribution in [2.24, 2.45) is 0 Å². The Hall–Kier alpha value is -2.11. The Balaban J connectivity index is 3.41. The number of allylic oxidation sites excluding steroid dienone is 1. The number of carboxylic acid groups (broad SMARTS) is 1. The van der Waals surface area contributed by atoms with Crippen molar-refractivity contribution in [3.05, 3.63) is 12.2 Å². The predicted octanol–water partition coefficient (Wildman–Crippen LogP) is 0.220. The van der Waals surface area contributed by atoms with Gasteiger partial charge in [-0.15, -0.1) is 5.92 Å². The van der Waals surface area contributed by atoms with E-state index in [0.717, 1.165) is 12.8 Å². The molecule has 20 heavy (non-hydrogen) atoms. The number of esters is 1. The minimum absolute atomic E-state index is 0.0995. The number of hydrogen-bond donors (Lipinski definition) is 0. The normalized spacial score (nSPS) is 34.8. The molecule has 0 spiro atoms. The average Bonchev–Trinajstić information content (AvgIpc) is 2.33. The van der Waals surface area contributed by atoms with E-state index in [9.17, 15) is 36.6 Å². The van der Waals surface area contributed by atoms with E-state index in [2.05, 4.69) is 4.74 Å². The molecule has 0 aromatic heterocycles. The van der Waals surface area contributed by atoms with Crippen molar-refractivity contribution < 1.29 is 41.4 Å². The highest BCUT2D eigenvalue weighted by atomic mass is 19.3. The summed E-state index contributed by atoms with van der Waals surface area (Å²) in [5.74, 6) is -11.6. The lowest BCUT2D eigenvalue weighted by atomic mass is 9.82. The van der Waals surface area contributed by atoms with E-state index in [4.69, 9.17) is 0 Å². The molecule has 3 unspecified atom stereocenters. The Labute approximate surface area is 109 Å². The van der Waals surface area contributed by atoms with E-state index in [0.29, 0.717) is 0 Å². The van der Waals surface area contributed by atoms with Gasteiger partial charge in [-0.3, -0.25) is 0 Å². The van der Waals surface area contributed by atoms with Crippen LogP contribution in [0, 0.1) is 11.8 Å². The zero-order valence-electron chi connectivity index (χ0n) is 9.75. The van der Waals surface area contributed by atoms with E-state index in [1.54, 1.807) is 5.92 Å². The van der Waals surface area contributed by atoms with Crippen molar-refractivity contribution in [1.29, 1.82) is 0 Å².